The summed E-state index contributed by atoms with van der Waals surface area (Å²) in [6.07, 6.45) is 0. The predicted molar refractivity (Wildman–Crippen MR) is 140 cm³/mol. The Morgan fingerprint density at radius 3 is 2.38 bits per heavy atom. The first-order valence-corrected chi connectivity index (χ1v) is 12.3. The van der Waals surface area contributed by atoms with Gasteiger partial charge in [0.05, 0.1) is 36.1 Å². The number of rotatable bonds is 10. The smallest absolute Gasteiger partial charge is 0.266 e. The van der Waals surface area contributed by atoms with Crippen LogP contribution in [-0.4, -0.2) is 54.4 Å². The van der Waals surface area contributed by atoms with Gasteiger partial charge in [0.25, 0.3) is 11.5 Å². The lowest BCUT2D eigenvalue weighted by molar-refractivity contribution is 0.0936. The van der Waals surface area contributed by atoms with E-state index in [9.17, 15) is 18.8 Å². The summed E-state index contributed by atoms with van der Waals surface area (Å²) in [6, 6.07) is 16.8. The molecule has 0 spiro atoms. The highest BCUT2D eigenvalue weighted by Crippen LogP contribution is 2.24. The number of Topliss-reactive ketones (excluding diaryl/α,β-unsaturated/α-hetero) is 1. The Morgan fingerprint density at radius 1 is 1.00 bits per heavy atom. The number of carbonyl (C=O) groups is 2. The van der Waals surface area contributed by atoms with Crippen molar-refractivity contribution in [1.29, 1.82) is 0 Å². The van der Waals surface area contributed by atoms with Crippen LogP contribution in [0.1, 0.15) is 20.7 Å². The molecule has 0 radical (unpaired) electrons. The van der Waals surface area contributed by atoms with Crippen LogP contribution in [0, 0.1) is 5.82 Å². The fraction of sp³-hybridized carbons (Fsp3) is 0.185. The van der Waals surface area contributed by atoms with Gasteiger partial charge in [-0.3, -0.25) is 19.0 Å². The molecular formula is C27H24FN3O5S. The van der Waals surface area contributed by atoms with Gasteiger partial charge in [0.1, 0.15) is 11.6 Å². The molecule has 0 unspecified atom stereocenters. The van der Waals surface area contributed by atoms with E-state index >= 15 is 0 Å². The Kier molecular flexibility index (Phi) is 8.32. The number of thioether (sulfide) groups is 1. The Morgan fingerprint density at radius 2 is 1.70 bits per heavy atom. The van der Waals surface area contributed by atoms with E-state index in [1.165, 1.54) is 48.1 Å². The summed E-state index contributed by atoms with van der Waals surface area (Å²) in [5.74, 6) is -0.305. The molecule has 0 fully saturated rings. The van der Waals surface area contributed by atoms with Crippen molar-refractivity contribution in [3.63, 3.8) is 0 Å². The number of benzene rings is 3. The summed E-state index contributed by atoms with van der Waals surface area (Å²) in [5, 5.41) is 3.25. The monoisotopic (exact) mass is 521 g/mol. The number of ketones is 1. The summed E-state index contributed by atoms with van der Waals surface area (Å²) in [5.41, 5.74) is 1.13. The molecule has 1 amide bonds. The van der Waals surface area contributed by atoms with Crippen LogP contribution in [0.25, 0.3) is 16.6 Å². The van der Waals surface area contributed by atoms with Crippen molar-refractivity contribution in [1.82, 2.24) is 14.9 Å². The molecule has 0 bridgehead atoms. The minimum absolute atomic E-state index is 0.00264. The molecule has 190 valence electrons. The largest absolute Gasteiger partial charge is 0.497 e. The summed E-state index contributed by atoms with van der Waals surface area (Å²) in [7, 11) is 3.08. The van der Waals surface area contributed by atoms with Crippen LogP contribution in [-0.2, 0) is 4.74 Å². The lowest BCUT2D eigenvalue weighted by Gasteiger charge is -2.14. The second kappa shape index (κ2) is 11.8. The van der Waals surface area contributed by atoms with Crippen molar-refractivity contribution in [2.75, 3.05) is 33.1 Å². The third kappa shape index (κ3) is 6.04. The number of amides is 1. The maximum Gasteiger partial charge on any atom is 0.266 e. The number of nitrogens with one attached hydrogen (secondary N) is 1. The minimum Gasteiger partial charge on any atom is -0.497 e. The Hall–Kier alpha value is -4.02. The van der Waals surface area contributed by atoms with Crippen LogP contribution in [0.4, 0.5) is 4.39 Å². The van der Waals surface area contributed by atoms with Gasteiger partial charge in [-0.2, -0.15) is 0 Å². The Bertz CT molecular complexity index is 1490. The highest BCUT2D eigenvalue weighted by Gasteiger charge is 2.17. The maximum absolute atomic E-state index is 13.6. The topological polar surface area (TPSA) is 99.5 Å². The summed E-state index contributed by atoms with van der Waals surface area (Å²) in [6.45, 7) is 0.699. The van der Waals surface area contributed by atoms with E-state index in [0.717, 1.165) is 11.8 Å². The molecule has 37 heavy (non-hydrogen) atoms. The van der Waals surface area contributed by atoms with Gasteiger partial charge >= 0.3 is 0 Å². The van der Waals surface area contributed by atoms with Gasteiger partial charge in [-0.05, 0) is 66.7 Å². The summed E-state index contributed by atoms with van der Waals surface area (Å²) in [4.78, 5) is 43.5. The fourth-order valence-corrected chi connectivity index (χ4v) is 4.49. The minimum atomic E-state index is -0.446. The molecule has 10 heteroatoms. The number of aromatic nitrogens is 2. The van der Waals surface area contributed by atoms with Crippen molar-refractivity contribution < 1.29 is 23.5 Å². The molecule has 1 heterocycles. The number of hydrogen-bond acceptors (Lipinski definition) is 7. The van der Waals surface area contributed by atoms with E-state index in [2.05, 4.69) is 10.3 Å². The normalized spacial score (nSPS) is 10.9. The van der Waals surface area contributed by atoms with Gasteiger partial charge in [-0.15, -0.1) is 0 Å². The molecule has 4 rings (SSSR count). The highest BCUT2D eigenvalue weighted by molar-refractivity contribution is 7.99. The SMILES string of the molecule is COCCNC(=O)c1ccc2c(=O)n(-c3ccc(F)cc3)c(SCC(=O)c3ccc(OC)cc3)nc2c1. The number of fused-ring (bicyclic) bond motifs is 1. The van der Waals surface area contributed by atoms with E-state index in [1.54, 1.807) is 37.4 Å². The van der Waals surface area contributed by atoms with Crippen molar-refractivity contribution in [2.45, 2.75) is 5.16 Å². The van der Waals surface area contributed by atoms with Crippen LogP contribution in [0.3, 0.4) is 0 Å². The average Bonchev–Trinajstić information content (AvgIpc) is 2.92. The lowest BCUT2D eigenvalue weighted by Crippen LogP contribution is -2.27. The van der Waals surface area contributed by atoms with E-state index < -0.39 is 11.4 Å². The van der Waals surface area contributed by atoms with Crippen molar-refractivity contribution in [3.8, 4) is 11.4 Å². The number of ether oxygens (including phenoxy) is 2. The van der Waals surface area contributed by atoms with E-state index in [-0.39, 0.29) is 28.0 Å². The third-order valence-electron chi connectivity index (χ3n) is 5.52. The quantitative estimate of drug-likeness (QED) is 0.146. The zero-order chi connectivity index (χ0) is 26.4. The summed E-state index contributed by atoms with van der Waals surface area (Å²) < 4.78 is 25.0. The van der Waals surface area contributed by atoms with Gasteiger partial charge < -0.3 is 14.8 Å². The molecular weight excluding hydrogens is 497 g/mol. The van der Waals surface area contributed by atoms with Crippen molar-refractivity contribution >= 4 is 34.4 Å². The molecule has 3 aromatic carbocycles. The standard InChI is InChI=1S/C27H24FN3O5S/c1-35-14-13-29-25(33)18-5-12-22-23(15-18)30-27(31(26(22)34)20-8-6-19(28)7-9-20)37-16-24(32)17-3-10-21(36-2)11-4-17/h3-12,15H,13-14,16H2,1-2H3,(H,29,33). The van der Waals surface area contributed by atoms with Crippen molar-refractivity contribution in [3.05, 3.63) is 94.0 Å². The number of hydrogen-bond donors (Lipinski definition) is 1. The zero-order valence-corrected chi connectivity index (χ0v) is 21.0. The molecule has 0 aliphatic rings. The predicted octanol–water partition coefficient (Wildman–Crippen LogP) is 3.88. The van der Waals surface area contributed by atoms with Crippen LogP contribution < -0.4 is 15.6 Å². The van der Waals surface area contributed by atoms with Gasteiger partial charge in [-0.25, -0.2) is 9.37 Å². The Balaban J connectivity index is 1.71. The lowest BCUT2D eigenvalue weighted by atomic mass is 10.1. The highest BCUT2D eigenvalue weighted by atomic mass is 32.2. The molecule has 1 N–H and O–H groups in total. The Labute approximate surface area is 216 Å². The van der Waals surface area contributed by atoms with Gasteiger partial charge in [-0.1, -0.05) is 11.8 Å². The maximum atomic E-state index is 13.6. The van der Waals surface area contributed by atoms with Crippen molar-refractivity contribution in [2.24, 2.45) is 0 Å². The van der Waals surface area contributed by atoms with Crippen LogP contribution in [0.2, 0.25) is 0 Å². The second-order valence-electron chi connectivity index (χ2n) is 7.93. The third-order valence-corrected chi connectivity index (χ3v) is 6.46. The molecule has 0 atom stereocenters. The number of nitrogens with zero attached hydrogens (tertiary/aromatic N) is 2. The fourth-order valence-electron chi connectivity index (χ4n) is 3.58. The van der Waals surface area contributed by atoms with E-state index in [4.69, 9.17) is 9.47 Å². The molecule has 0 aliphatic heterocycles. The number of halogens is 1. The van der Waals surface area contributed by atoms with Gasteiger partial charge in [0, 0.05) is 24.8 Å². The second-order valence-corrected chi connectivity index (χ2v) is 8.87. The van der Waals surface area contributed by atoms with E-state index in [0.29, 0.717) is 41.2 Å². The summed E-state index contributed by atoms with van der Waals surface area (Å²) >= 11 is 1.08. The molecule has 0 saturated heterocycles. The molecule has 0 saturated carbocycles. The first-order valence-electron chi connectivity index (χ1n) is 11.3. The molecule has 8 nitrogen and oxygen atoms in total. The molecule has 4 aromatic rings. The zero-order valence-electron chi connectivity index (χ0n) is 20.2. The van der Waals surface area contributed by atoms with Gasteiger partial charge in [0.2, 0.25) is 0 Å². The van der Waals surface area contributed by atoms with Gasteiger partial charge in [0.15, 0.2) is 10.9 Å². The number of carbonyl (C=O) groups excluding carboxylic acids is 2. The average molecular weight is 522 g/mol. The molecule has 0 aliphatic carbocycles. The van der Waals surface area contributed by atoms with Crippen LogP contribution in [0.15, 0.2) is 76.7 Å². The first-order chi connectivity index (χ1) is 17.9. The van der Waals surface area contributed by atoms with Crippen LogP contribution >= 0.6 is 11.8 Å². The number of methoxy groups -OCH3 is 2. The van der Waals surface area contributed by atoms with E-state index in [1.807, 2.05) is 0 Å². The van der Waals surface area contributed by atoms with Crippen LogP contribution in [0.5, 0.6) is 5.75 Å². The first kappa shape index (κ1) is 26.1. The molecule has 1 aromatic heterocycles.